The van der Waals surface area contributed by atoms with E-state index in [-0.39, 0.29) is 0 Å². The summed E-state index contributed by atoms with van der Waals surface area (Å²) in [6, 6.07) is 16.0. The zero-order chi connectivity index (χ0) is 22.8. The minimum Gasteiger partial charge on any atom is -0.153 e. The third kappa shape index (κ3) is 7.14. The molecule has 0 heterocycles. The van der Waals surface area contributed by atoms with Gasteiger partial charge in [-0.25, -0.2) is 0 Å². The molecular weight excluding hydrogens is 392 g/mol. The van der Waals surface area contributed by atoms with Gasteiger partial charge in [0.05, 0.1) is 0 Å². The molecule has 2 rings (SSSR count). The summed E-state index contributed by atoms with van der Waals surface area (Å²) in [5.74, 6) is 1.15. The van der Waals surface area contributed by atoms with Crippen molar-refractivity contribution in [3.8, 4) is 0 Å². The Morgan fingerprint density at radius 1 is 0.968 bits per heavy atom. The average Bonchev–Trinajstić information content (AvgIpc) is 2.78. The summed E-state index contributed by atoms with van der Waals surface area (Å²) in [6.07, 6.45) is 7.02. The zero-order valence-electron chi connectivity index (χ0n) is 20.7. The Morgan fingerprint density at radius 3 is 2.32 bits per heavy atom. The lowest BCUT2D eigenvalue weighted by Gasteiger charge is -2.24. The summed E-state index contributed by atoms with van der Waals surface area (Å²) in [5, 5.41) is 0.495. The van der Waals surface area contributed by atoms with E-state index in [1.54, 1.807) is 0 Å². The van der Waals surface area contributed by atoms with Gasteiger partial charge in [0, 0.05) is 5.25 Å². The van der Waals surface area contributed by atoms with Gasteiger partial charge in [-0.1, -0.05) is 81.8 Å². The fraction of sp³-hybridized carbons (Fsp3) is 0.467. The molecule has 0 N–H and O–H groups in total. The molecule has 0 saturated heterocycles. The maximum Gasteiger partial charge on any atom is 0.0303 e. The van der Waals surface area contributed by atoms with Crippen molar-refractivity contribution < 1.29 is 0 Å². The van der Waals surface area contributed by atoms with Gasteiger partial charge in [-0.05, 0) is 97.6 Å². The van der Waals surface area contributed by atoms with E-state index in [0.717, 1.165) is 25.0 Å². The van der Waals surface area contributed by atoms with Gasteiger partial charge in [-0.3, -0.25) is 0 Å². The first kappa shape index (κ1) is 25.5. The molecule has 1 unspecified atom stereocenters. The van der Waals surface area contributed by atoms with Crippen molar-refractivity contribution >= 4 is 17.3 Å². The Morgan fingerprint density at radius 2 is 1.71 bits per heavy atom. The van der Waals surface area contributed by atoms with Crippen LogP contribution >= 0.6 is 11.8 Å². The Balaban J connectivity index is 2.18. The molecule has 0 fully saturated rings. The highest BCUT2D eigenvalue weighted by atomic mass is 32.2. The summed E-state index contributed by atoms with van der Waals surface area (Å²) >= 11 is 2.11. The van der Waals surface area contributed by atoms with E-state index in [4.69, 9.17) is 0 Å². The van der Waals surface area contributed by atoms with E-state index in [2.05, 4.69) is 102 Å². The molecule has 0 radical (unpaired) electrons. The van der Waals surface area contributed by atoms with E-state index in [9.17, 15) is 0 Å². The Kier molecular flexibility index (Phi) is 10.7. The molecule has 1 atom stereocenters. The summed E-state index contributed by atoms with van der Waals surface area (Å²) in [4.78, 5) is 0. The second-order valence-corrected chi connectivity index (χ2v) is 10.0. The number of hydrogen-bond donors (Lipinski definition) is 0. The van der Waals surface area contributed by atoms with E-state index in [1.165, 1.54) is 63.8 Å². The number of rotatable bonds is 12. The summed E-state index contributed by atoms with van der Waals surface area (Å²) in [6.45, 7) is 17.9. The van der Waals surface area contributed by atoms with Crippen LogP contribution in [-0.4, -0.2) is 11.0 Å². The summed E-state index contributed by atoms with van der Waals surface area (Å²) in [5.41, 5.74) is 11.3. The number of benzene rings is 2. The predicted molar refractivity (Wildman–Crippen MR) is 143 cm³/mol. The molecule has 0 spiro atoms. The van der Waals surface area contributed by atoms with Crippen LogP contribution in [0.3, 0.4) is 0 Å². The van der Waals surface area contributed by atoms with Gasteiger partial charge < -0.3 is 0 Å². The predicted octanol–water partition coefficient (Wildman–Crippen LogP) is 9.14. The minimum absolute atomic E-state index is 0.495. The monoisotopic (exact) mass is 434 g/mol. The maximum absolute atomic E-state index is 4.37. The third-order valence-corrected chi connectivity index (χ3v) is 7.82. The van der Waals surface area contributed by atoms with E-state index in [0.29, 0.717) is 5.25 Å². The van der Waals surface area contributed by atoms with Crippen molar-refractivity contribution in [1.82, 2.24) is 0 Å². The lowest BCUT2D eigenvalue weighted by molar-refractivity contribution is 0.790. The first-order valence-corrected chi connectivity index (χ1v) is 13.1. The van der Waals surface area contributed by atoms with Crippen LogP contribution < -0.4 is 0 Å². The Bertz CT molecular complexity index is 887. The molecule has 168 valence electrons. The molecule has 31 heavy (non-hydrogen) atoms. The van der Waals surface area contributed by atoms with E-state index < -0.39 is 0 Å². The number of hydrogen-bond acceptors (Lipinski definition) is 1. The fourth-order valence-corrected chi connectivity index (χ4v) is 5.58. The van der Waals surface area contributed by atoms with Crippen molar-refractivity contribution in [2.24, 2.45) is 0 Å². The highest BCUT2D eigenvalue weighted by Gasteiger charge is 2.20. The topological polar surface area (TPSA) is 0 Å². The lowest BCUT2D eigenvalue weighted by atomic mass is 9.89. The molecule has 0 aliphatic carbocycles. The standard InChI is InChI=1S/C30H42S/c1-8-11-15-27-18-17-26(21-24(27)6)19-20-31-29(10-3)30(25(7)22(4)9-2)28-16-13-12-14-23(28)5/h12-14,16-18,21,29H,4,8-11,15,19-20H2,1-3,5-7H3/b30-25-. The average molecular weight is 435 g/mol. The quantitative estimate of drug-likeness (QED) is 0.300. The molecular formula is C30H42S. The van der Waals surface area contributed by atoms with Gasteiger partial charge in [0.1, 0.15) is 0 Å². The molecule has 0 aliphatic heterocycles. The Hall–Kier alpha value is -1.73. The second kappa shape index (κ2) is 13.0. The number of thioether (sulfide) groups is 1. The zero-order valence-corrected chi connectivity index (χ0v) is 21.5. The number of aryl methyl sites for hydroxylation is 4. The van der Waals surface area contributed by atoms with Gasteiger partial charge in [0.25, 0.3) is 0 Å². The van der Waals surface area contributed by atoms with Crippen molar-refractivity contribution in [2.45, 2.75) is 85.3 Å². The third-order valence-electron chi connectivity index (χ3n) is 6.41. The molecule has 1 heteroatoms. The fourth-order valence-electron chi connectivity index (χ4n) is 4.23. The number of allylic oxidation sites excluding steroid dienone is 2. The van der Waals surface area contributed by atoms with Crippen LogP contribution in [0.15, 0.2) is 60.2 Å². The van der Waals surface area contributed by atoms with Gasteiger partial charge in [-0.15, -0.1) is 0 Å². The highest BCUT2D eigenvalue weighted by molar-refractivity contribution is 8.00. The van der Waals surface area contributed by atoms with Crippen LogP contribution in [0.1, 0.15) is 81.2 Å². The largest absolute Gasteiger partial charge is 0.153 e. The van der Waals surface area contributed by atoms with E-state index in [1.807, 2.05) is 0 Å². The molecule has 0 aliphatic rings. The van der Waals surface area contributed by atoms with Gasteiger partial charge >= 0.3 is 0 Å². The summed E-state index contributed by atoms with van der Waals surface area (Å²) < 4.78 is 0. The molecule has 0 amide bonds. The SMILES string of the molecule is C=C(CC)/C(C)=C(/c1ccccc1C)C(CC)SCCc1ccc(CCCC)c(C)c1. The molecule has 0 nitrogen and oxygen atoms in total. The summed E-state index contributed by atoms with van der Waals surface area (Å²) in [7, 11) is 0. The van der Waals surface area contributed by atoms with Gasteiger partial charge in [0.15, 0.2) is 0 Å². The second-order valence-electron chi connectivity index (χ2n) is 8.69. The smallest absolute Gasteiger partial charge is 0.0303 e. The van der Waals surface area contributed by atoms with Crippen LogP contribution in [0.2, 0.25) is 0 Å². The van der Waals surface area contributed by atoms with Crippen LogP contribution in [0, 0.1) is 13.8 Å². The molecule has 0 aromatic heterocycles. The van der Waals surface area contributed by atoms with Gasteiger partial charge in [-0.2, -0.15) is 11.8 Å². The molecule has 0 saturated carbocycles. The van der Waals surface area contributed by atoms with Crippen molar-refractivity contribution in [2.75, 3.05) is 5.75 Å². The van der Waals surface area contributed by atoms with Crippen molar-refractivity contribution in [1.29, 1.82) is 0 Å². The molecule has 0 bridgehead atoms. The van der Waals surface area contributed by atoms with Crippen LogP contribution in [-0.2, 0) is 12.8 Å². The van der Waals surface area contributed by atoms with Crippen molar-refractivity contribution in [3.05, 3.63) is 88.0 Å². The molecule has 2 aromatic rings. The van der Waals surface area contributed by atoms with Crippen LogP contribution in [0.5, 0.6) is 0 Å². The van der Waals surface area contributed by atoms with Crippen molar-refractivity contribution in [3.63, 3.8) is 0 Å². The van der Waals surface area contributed by atoms with Crippen LogP contribution in [0.4, 0.5) is 0 Å². The van der Waals surface area contributed by atoms with Crippen LogP contribution in [0.25, 0.3) is 5.57 Å². The normalized spacial score (nSPS) is 13.1. The first-order valence-electron chi connectivity index (χ1n) is 12.1. The van der Waals surface area contributed by atoms with Gasteiger partial charge in [0.2, 0.25) is 0 Å². The lowest BCUT2D eigenvalue weighted by Crippen LogP contribution is -2.10. The first-order chi connectivity index (χ1) is 14.9. The minimum atomic E-state index is 0.495. The number of unbranched alkanes of at least 4 members (excludes halogenated alkanes) is 1. The Labute approximate surface area is 196 Å². The van der Waals surface area contributed by atoms with E-state index >= 15 is 0 Å². The molecule has 2 aromatic carbocycles. The highest BCUT2D eigenvalue weighted by Crippen LogP contribution is 2.37. The maximum atomic E-state index is 4.37.